The number of nitrogens with one attached hydrogen (secondary N) is 1. The molecule has 13 heteroatoms. The number of halogens is 2. The molecule has 0 saturated heterocycles. The van der Waals surface area contributed by atoms with Gasteiger partial charge in [-0.2, -0.15) is 0 Å². The van der Waals surface area contributed by atoms with Gasteiger partial charge >= 0.3 is 197 Å². The summed E-state index contributed by atoms with van der Waals surface area (Å²) in [4.78, 5) is 14.3. The van der Waals surface area contributed by atoms with E-state index in [1.807, 2.05) is 11.8 Å². The van der Waals surface area contributed by atoms with Gasteiger partial charge in [0.2, 0.25) is 0 Å². The van der Waals surface area contributed by atoms with Gasteiger partial charge in [-0.1, -0.05) is 0 Å². The van der Waals surface area contributed by atoms with E-state index in [0.717, 1.165) is 0 Å². The Morgan fingerprint density at radius 2 is 1.71 bits per heavy atom. The van der Waals surface area contributed by atoms with Crippen molar-refractivity contribution in [3.8, 4) is 0 Å². The van der Waals surface area contributed by atoms with Gasteiger partial charge in [0.05, 0.1) is 0 Å². The average molecular weight is 577 g/mol. The molecule has 1 aromatic carbocycles. The molecule has 0 atom stereocenters. The van der Waals surface area contributed by atoms with E-state index in [1.165, 1.54) is 13.2 Å². The summed E-state index contributed by atoms with van der Waals surface area (Å²) in [7, 11) is -6.80. The van der Waals surface area contributed by atoms with Crippen molar-refractivity contribution in [1.82, 2.24) is 0 Å². The molecule has 1 N–H and O–H groups in total. The van der Waals surface area contributed by atoms with Crippen LogP contribution in [0.1, 0.15) is 30.1 Å². The average Bonchev–Trinajstić information content (AvgIpc) is 2.74. The number of methoxy groups -OCH3 is 1. The Kier molecular flexibility index (Phi) is 9.82. The molecule has 0 saturated carbocycles. The molecule has 0 amide bonds. The number of benzene rings is 1. The minimum absolute atomic E-state index is 0.103. The van der Waals surface area contributed by atoms with Crippen molar-refractivity contribution >= 4 is 73.4 Å². The topological polar surface area (TPSA) is 110 Å². The van der Waals surface area contributed by atoms with Gasteiger partial charge in [-0.3, -0.25) is 0 Å². The molecule has 0 bridgehead atoms. The van der Waals surface area contributed by atoms with E-state index in [9.17, 15) is 21.6 Å². The van der Waals surface area contributed by atoms with Gasteiger partial charge < -0.3 is 0 Å². The van der Waals surface area contributed by atoms with E-state index in [4.69, 9.17) is 27.9 Å². The van der Waals surface area contributed by atoms with Crippen molar-refractivity contribution in [2.24, 2.45) is 0 Å². The first kappa shape index (κ1) is 26.6. The van der Waals surface area contributed by atoms with E-state index in [1.54, 1.807) is 6.07 Å². The standard InChI is InChI=1S/C18H27AsCl2N2O6S2/c1-3-23-9-8-22-17-15(12-14(13-16(17)23)18(24)29-2)19(30(25,26)10-4-6-20)31(27,28)11-5-7-21/h12-13,22H,3-11H2,1-2H3. The Labute approximate surface area is 196 Å². The molecular weight excluding hydrogens is 550 g/mol. The fraction of sp³-hybridized carbons (Fsp3) is 0.611. The quantitative estimate of drug-likeness (QED) is 0.240. The number of fused-ring (bicyclic) bond motifs is 1. The van der Waals surface area contributed by atoms with Gasteiger partial charge in [0.15, 0.2) is 0 Å². The van der Waals surface area contributed by atoms with Crippen LogP contribution in [0.4, 0.5) is 11.4 Å². The maximum atomic E-state index is 13.3. The van der Waals surface area contributed by atoms with Crippen molar-refractivity contribution in [3.05, 3.63) is 17.7 Å². The number of rotatable bonds is 11. The molecule has 0 unspecified atom stereocenters. The van der Waals surface area contributed by atoms with Crippen LogP contribution < -0.4 is 14.6 Å². The summed E-state index contributed by atoms with van der Waals surface area (Å²) in [6.45, 7) is 3.71. The number of anilines is 2. The van der Waals surface area contributed by atoms with Crippen molar-refractivity contribution in [3.63, 3.8) is 0 Å². The molecule has 1 aliphatic rings. The molecule has 176 valence electrons. The Morgan fingerprint density at radius 3 is 2.19 bits per heavy atom. The zero-order valence-electron chi connectivity index (χ0n) is 17.4. The number of hydrogen-bond donors (Lipinski definition) is 1. The van der Waals surface area contributed by atoms with E-state index >= 15 is 0 Å². The molecule has 1 heterocycles. The van der Waals surface area contributed by atoms with Crippen LogP contribution in [-0.2, 0) is 20.9 Å². The number of alkyl halides is 2. The van der Waals surface area contributed by atoms with Gasteiger partial charge in [0.25, 0.3) is 0 Å². The van der Waals surface area contributed by atoms with Crippen LogP contribution in [0.15, 0.2) is 12.1 Å². The predicted molar refractivity (Wildman–Crippen MR) is 128 cm³/mol. The molecule has 0 spiro atoms. The number of carbonyl (C=O) groups is 1. The van der Waals surface area contributed by atoms with Crippen LogP contribution in [0.25, 0.3) is 0 Å². The fourth-order valence-electron chi connectivity index (χ4n) is 3.30. The van der Waals surface area contributed by atoms with E-state index < -0.39 is 34.5 Å². The summed E-state index contributed by atoms with van der Waals surface area (Å²) >= 11 is 7.58. The summed E-state index contributed by atoms with van der Waals surface area (Å²) in [6, 6.07) is 2.98. The molecule has 31 heavy (non-hydrogen) atoms. The predicted octanol–water partition coefficient (Wildman–Crippen LogP) is 1.51. The third-order valence-corrected chi connectivity index (χ3v) is 27.2. The number of carbonyl (C=O) groups excluding carboxylic acids is 1. The molecular formula is C18H27AsCl2N2O6S2. The fourth-order valence-corrected chi connectivity index (χ4v) is 26.4. The summed E-state index contributed by atoms with van der Waals surface area (Å²) in [5.41, 5.74) is 1.19. The Hall–Kier alpha value is -0.672. The van der Waals surface area contributed by atoms with E-state index in [-0.39, 0.29) is 46.0 Å². The van der Waals surface area contributed by atoms with Gasteiger partial charge in [-0.25, -0.2) is 0 Å². The van der Waals surface area contributed by atoms with E-state index in [0.29, 0.717) is 31.0 Å². The van der Waals surface area contributed by atoms with Crippen LogP contribution in [-0.4, -0.2) is 85.2 Å². The van der Waals surface area contributed by atoms with Gasteiger partial charge in [0.1, 0.15) is 0 Å². The van der Waals surface area contributed by atoms with Crippen molar-refractivity contribution in [2.45, 2.75) is 19.8 Å². The number of hydrogen-bond acceptors (Lipinski definition) is 8. The molecule has 8 nitrogen and oxygen atoms in total. The van der Waals surface area contributed by atoms with Crippen molar-refractivity contribution < 1.29 is 26.4 Å². The molecule has 0 radical (unpaired) electrons. The van der Waals surface area contributed by atoms with Crippen molar-refractivity contribution in [2.75, 3.05) is 60.2 Å². The van der Waals surface area contributed by atoms with Crippen LogP contribution in [0.5, 0.6) is 0 Å². The number of likely N-dealkylation sites (N-methyl/N-ethyl adjacent to an activating group) is 1. The van der Waals surface area contributed by atoms with Gasteiger partial charge in [0, 0.05) is 0 Å². The molecule has 1 aromatic rings. The second-order valence-corrected chi connectivity index (χ2v) is 24.8. The second-order valence-electron chi connectivity index (χ2n) is 6.80. The number of nitrogens with zero attached hydrogens (tertiary/aromatic N) is 1. The Bertz CT molecular complexity index is 967. The summed E-state index contributed by atoms with van der Waals surface area (Å²) in [5.74, 6) is -1.11. The minimum atomic E-state index is -4.01. The first-order valence-corrected chi connectivity index (χ1v) is 19.6. The van der Waals surface area contributed by atoms with Gasteiger partial charge in [-0.05, 0) is 0 Å². The number of ether oxygens (including phenoxy) is 1. The Balaban J connectivity index is 2.81. The van der Waals surface area contributed by atoms with Gasteiger partial charge in [-0.15, -0.1) is 0 Å². The van der Waals surface area contributed by atoms with Crippen LogP contribution in [0.2, 0.25) is 0 Å². The zero-order chi connectivity index (χ0) is 23.2. The molecule has 0 fully saturated rings. The molecule has 0 aliphatic carbocycles. The third kappa shape index (κ3) is 6.22. The van der Waals surface area contributed by atoms with Crippen molar-refractivity contribution in [1.29, 1.82) is 0 Å². The molecule has 2 rings (SSSR count). The summed E-state index contributed by atoms with van der Waals surface area (Å²) in [6.07, 6.45) is 0.293. The molecule has 0 aromatic heterocycles. The maximum absolute atomic E-state index is 13.3. The van der Waals surface area contributed by atoms with Crippen LogP contribution in [0.3, 0.4) is 0 Å². The third-order valence-electron chi connectivity index (χ3n) is 4.70. The van der Waals surface area contributed by atoms with Crippen LogP contribution in [0, 0.1) is 0 Å². The number of esters is 1. The monoisotopic (exact) mass is 576 g/mol. The first-order valence-electron chi connectivity index (χ1n) is 9.76. The zero-order valence-corrected chi connectivity index (χ0v) is 22.5. The van der Waals surface area contributed by atoms with Crippen LogP contribution >= 0.6 is 23.2 Å². The first-order chi connectivity index (χ1) is 14.6. The van der Waals surface area contributed by atoms with E-state index in [2.05, 4.69) is 5.32 Å². The normalized spacial score (nSPS) is 14.3. The SMILES string of the molecule is CCN1CCNc2c1cc(C(=O)OC)cc2[As](S(=O)(=O)CCCCl)S(=O)(=O)CCCCl. The summed E-state index contributed by atoms with van der Waals surface area (Å²) in [5, 5.41) is 3.18. The summed E-state index contributed by atoms with van der Waals surface area (Å²) < 4.78 is 58.3. The Morgan fingerprint density at radius 1 is 1.13 bits per heavy atom. The second kappa shape index (κ2) is 11.5. The molecule has 1 aliphatic heterocycles.